The standard InChI is InChI=1S/C13H24ClN3S/c1-5-7-15-11(9-18-6-2)8-12-13(14)10(3)16-17(12)4/h11,15H,5-9H2,1-4H3. The molecule has 3 nitrogen and oxygen atoms in total. The van der Waals surface area contributed by atoms with Crippen molar-refractivity contribution < 1.29 is 0 Å². The highest BCUT2D eigenvalue weighted by Crippen LogP contribution is 2.21. The number of rotatable bonds is 8. The van der Waals surface area contributed by atoms with Crippen molar-refractivity contribution in [1.82, 2.24) is 15.1 Å². The molecule has 0 fully saturated rings. The fourth-order valence-electron chi connectivity index (χ4n) is 1.93. The summed E-state index contributed by atoms with van der Waals surface area (Å²) < 4.78 is 1.91. The Labute approximate surface area is 120 Å². The molecule has 104 valence electrons. The summed E-state index contributed by atoms with van der Waals surface area (Å²) in [5.41, 5.74) is 2.06. The van der Waals surface area contributed by atoms with Crippen molar-refractivity contribution in [3.05, 3.63) is 16.4 Å². The fraction of sp³-hybridized carbons (Fsp3) is 0.769. The van der Waals surface area contributed by atoms with Crippen LogP contribution >= 0.6 is 23.4 Å². The zero-order valence-corrected chi connectivity index (χ0v) is 13.4. The summed E-state index contributed by atoms with van der Waals surface area (Å²) in [6, 6.07) is 0.474. The minimum Gasteiger partial charge on any atom is -0.313 e. The monoisotopic (exact) mass is 289 g/mol. The van der Waals surface area contributed by atoms with Crippen molar-refractivity contribution in [3.8, 4) is 0 Å². The number of halogens is 1. The predicted octanol–water partition coefficient (Wildman–Crippen LogP) is 3.05. The first-order valence-corrected chi connectivity index (χ1v) is 8.12. The lowest BCUT2D eigenvalue weighted by Crippen LogP contribution is -2.34. The second-order valence-electron chi connectivity index (χ2n) is 4.48. The van der Waals surface area contributed by atoms with Gasteiger partial charge in [-0.1, -0.05) is 25.4 Å². The van der Waals surface area contributed by atoms with Crippen LogP contribution in [0.3, 0.4) is 0 Å². The molecule has 0 aliphatic carbocycles. The fourth-order valence-corrected chi connectivity index (χ4v) is 2.93. The van der Waals surface area contributed by atoms with Crippen molar-refractivity contribution in [1.29, 1.82) is 0 Å². The number of nitrogens with one attached hydrogen (secondary N) is 1. The summed E-state index contributed by atoms with van der Waals surface area (Å²) in [5, 5.41) is 8.79. The van der Waals surface area contributed by atoms with Crippen LogP contribution in [0.4, 0.5) is 0 Å². The van der Waals surface area contributed by atoms with Crippen LogP contribution in [0.15, 0.2) is 0 Å². The average Bonchev–Trinajstić information content (AvgIpc) is 2.58. The number of aromatic nitrogens is 2. The third-order valence-corrected chi connectivity index (χ3v) is 4.45. The molecule has 0 aliphatic rings. The summed E-state index contributed by atoms with van der Waals surface area (Å²) in [7, 11) is 1.97. The average molecular weight is 290 g/mol. The maximum absolute atomic E-state index is 6.31. The molecule has 0 radical (unpaired) electrons. The van der Waals surface area contributed by atoms with Crippen LogP contribution in [0.5, 0.6) is 0 Å². The SMILES string of the molecule is CCCNC(CSCC)Cc1c(Cl)c(C)nn1C. The van der Waals surface area contributed by atoms with Crippen molar-refractivity contribution in [2.45, 2.75) is 39.7 Å². The van der Waals surface area contributed by atoms with Gasteiger partial charge in [0.05, 0.1) is 16.4 Å². The molecule has 1 aromatic heterocycles. The van der Waals surface area contributed by atoms with E-state index >= 15 is 0 Å². The topological polar surface area (TPSA) is 29.9 Å². The van der Waals surface area contributed by atoms with Gasteiger partial charge in [-0.15, -0.1) is 0 Å². The number of thioether (sulfide) groups is 1. The zero-order valence-electron chi connectivity index (χ0n) is 11.8. The molecule has 1 heterocycles. The molecule has 5 heteroatoms. The molecule has 1 rings (SSSR count). The maximum atomic E-state index is 6.31. The first kappa shape index (κ1) is 15.9. The molecule has 0 spiro atoms. The first-order valence-electron chi connectivity index (χ1n) is 6.59. The Balaban J connectivity index is 2.68. The third-order valence-electron chi connectivity index (χ3n) is 2.91. The maximum Gasteiger partial charge on any atom is 0.0847 e. The Morgan fingerprint density at radius 1 is 1.44 bits per heavy atom. The molecular formula is C13H24ClN3S. The van der Waals surface area contributed by atoms with Crippen molar-refractivity contribution in [2.75, 3.05) is 18.1 Å². The molecule has 0 amide bonds. The summed E-state index contributed by atoms with van der Waals surface area (Å²) in [6.07, 6.45) is 2.11. The lowest BCUT2D eigenvalue weighted by Gasteiger charge is -2.18. The van der Waals surface area contributed by atoms with Gasteiger partial charge in [0.2, 0.25) is 0 Å². The molecule has 1 N–H and O–H groups in total. The van der Waals surface area contributed by atoms with E-state index in [1.807, 2.05) is 30.4 Å². The highest BCUT2D eigenvalue weighted by Gasteiger charge is 2.16. The summed E-state index contributed by atoms with van der Waals surface area (Å²) in [6.45, 7) is 7.41. The van der Waals surface area contributed by atoms with Crippen molar-refractivity contribution in [3.63, 3.8) is 0 Å². The van der Waals surface area contributed by atoms with Crippen LogP contribution in [-0.4, -0.2) is 33.9 Å². The van der Waals surface area contributed by atoms with E-state index in [0.717, 1.165) is 47.3 Å². The van der Waals surface area contributed by atoms with Gasteiger partial charge >= 0.3 is 0 Å². The van der Waals surface area contributed by atoms with Crippen molar-refractivity contribution >= 4 is 23.4 Å². The van der Waals surface area contributed by atoms with Gasteiger partial charge in [-0.05, 0) is 25.6 Å². The second kappa shape index (κ2) is 8.08. The molecule has 1 unspecified atom stereocenters. The van der Waals surface area contributed by atoms with Crippen LogP contribution in [0.1, 0.15) is 31.7 Å². The summed E-state index contributed by atoms with van der Waals surface area (Å²) in [4.78, 5) is 0. The van der Waals surface area contributed by atoms with E-state index in [2.05, 4.69) is 24.3 Å². The Morgan fingerprint density at radius 2 is 2.17 bits per heavy atom. The molecule has 0 bridgehead atoms. The molecule has 1 aromatic rings. The molecule has 0 aliphatic heterocycles. The normalized spacial score (nSPS) is 12.9. The Morgan fingerprint density at radius 3 is 2.67 bits per heavy atom. The van der Waals surface area contributed by atoms with E-state index in [9.17, 15) is 0 Å². The lowest BCUT2D eigenvalue weighted by molar-refractivity contribution is 0.532. The number of hydrogen-bond acceptors (Lipinski definition) is 3. The van der Waals surface area contributed by atoms with Crippen molar-refractivity contribution in [2.24, 2.45) is 7.05 Å². The van der Waals surface area contributed by atoms with Gasteiger partial charge in [0.15, 0.2) is 0 Å². The zero-order chi connectivity index (χ0) is 13.5. The van der Waals surface area contributed by atoms with Crippen LogP contribution in [0, 0.1) is 6.92 Å². The Kier molecular flexibility index (Phi) is 7.12. The molecule has 18 heavy (non-hydrogen) atoms. The van der Waals surface area contributed by atoms with Gasteiger partial charge in [-0.3, -0.25) is 4.68 Å². The van der Waals surface area contributed by atoms with E-state index in [1.165, 1.54) is 0 Å². The van der Waals surface area contributed by atoms with Gasteiger partial charge in [-0.25, -0.2) is 0 Å². The Hall–Kier alpha value is -0.190. The number of nitrogens with zero attached hydrogens (tertiary/aromatic N) is 2. The number of hydrogen-bond donors (Lipinski definition) is 1. The second-order valence-corrected chi connectivity index (χ2v) is 6.18. The predicted molar refractivity (Wildman–Crippen MR) is 81.7 cm³/mol. The van der Waals surface area contributed by atoms with E-state index in [4.69, 9.17) is 11.6 Å². The summed E-state index contributed by atoms with van der Waals surface area (Å²) >= 11 is 8.28. The minimum absolute atomic E-state index is 0.474. The lowest BCUT2D eigenvalue weighted by atomic mass is 10.1. The van der Waals surface area contributed by atoms with Crippen LogP contribution in [-0.2, 0) is 13.5 Å². The molecule has 0 saturated carbocycles. The summed E-state index contributed by atoms with van der Waals surface area (Å²) in [5.74, 6) is 2.28. The van der Waals surface area contributed by atoms with E-state index in [0.29, 0.717) is 6.04 Å². The molecule has 0 aromatic carbocycles. The van der Waals surface area contributed by atoms with Gasteiger partial charge in [0.1, 0.15) is 0 Å². The van der Waals surface area contributed by atoms with Gasteiger partial charge in [0, 0.05) is 25.3 Å². The molecule has 1 atom stereocenters. The van der Waals surface area contributed by atoms with Crippen LogP contribution in [0.25, 0.3) is 0 Å². The van der Waals surface area contributed by atoms with E-state index in [1.54, 1.807) is 0 Å². The Bertz CT molecular complexity index is 357. The van der Waals surface area contributed by atoms with Gasteiger partial charge in [-0.2, -0.15) is 16.9 Å². The molecular weight excluding hydrogens is 266 g/mol. The quantitative estimate of drug-likeness (QED) is 0.798. The van der Waals surface area contributed by atoms with Crippen LogP contribution < -0.4 is 5.32 Å². The minimum atomic E-state index is 0.474. The first-order chi connectivity index (χ1) is 8.60. The molecule has 0 saturated heterocycles. The van der Waals surface area contributed by atoms with E-state index < -0.39 is 0 Å². The van der Waals surface area contributed by atoms with Crippen LogP contribution in [0.2, 0.25) is 5.02 Å². The van der Waals surface area contributed by atoms with Gasteiger partial charge in [0.25, 0.3) is 0 Å². The number of aryl methyl sites for hydroxylation is 2. The largest absolute Gasteiger partial charge is 0.313 e. The highest BCUT2D eigenvalue weighted by molar-refractivity contribution is 7.99. The third kappa shape index (κ3) is 4.48. The highest BCUT2D eigenvalue weighted by atomic mass is 35.5. The van der Waals surface area contributed by atoms with E-state index in [-0.39, 0.29) is 0 Å². The van der Waals surface area contributed by atoms with Gasteiger partial charge < -0.3 is 5.32 Å². The smallest absolute Gasteiger partial charge is 0.0847 e.